The molecule has 0 saturated heterocycles. The van der Waals surface area contributed by atoms with Gasteiger partial charge in [-0.05, 0) is 32.4 Å². The molecule has 0 spiro atoms. The summed E-state index contributed by atoms with van der Waals surface area (Å²) in [5, 5.41) is 13.4. The number of aliphatic hydroxyl groups is 1. The van der Waals surface area contributed by atoms with Gasteiger partial charge in [0.25, 0.3) is 0 Å². The fraction of sp³-hybridized carbons (Fsp3) is 0.438. The Morgan fingerprint density at radius 2 is 2.05 bits per heavy atom. The lowest BCUT2D eigenvalue weighted by molar-refractivity contribution is 0.284. The van der Waals surface area contributed by atoms with Gasteiger partial charge in [-0.15, -0.1) is 11.3 Å². The van der Waals surface area contributed by atoms with Crippen LogP contribution in [0.25, 0.3) is 0 Å². The van der Waals surface area contributed by atoms with E-state index < -0.39 is 0 Å². The van der Waals surface area contributed by atoms with E-state index in [0.717, 1.165) is 25.1 Å². The van der Waals surface area contributed by atoms with Gasteiger partial charge in [-0.1, -0.05) is 30.3 Å². The van der Waals surface area contributed by atoms with E-state index >= 15 is 0 Å². The fourth-order valence-electron chi connectivity index (χ4n) is 2.20. The Morgan fingerprint density at radius 3 is 2.75 bits per heavy atom. The lowest BCUT2D eigenvalue weighted by atomic mass is 10.2. The third-order valence-electron chi connectivity index (χ3n) is 3.25. The molecule has 0 aliphatic rings. The minimum Gasteiger partial charge on any atom is -0.396 e. The summed E-state index contributed by atoms with van der Waals surface area (Å²) in [5.41, 5.74) is 2.42. The quantitative estimate of drug-likeness (QED) is 0.770. The molecule has 3 nitrogen and oxygen atoms in total. The SMILES string of the molecule is Cc1nc(Cc2ccccc2)sc1C(C)NCCCO. The van der Waals surface area contributed by atoms with Gasteiger partial charge in [-0.2, -0.15) is 0 Å². The number of hydrogen-bond acceptors (Lipinski definition) is 4. The molecule has 0 aliphatic heterocycles. The third kappa shape index (κ3) is 4.13. The van der Waals surface area contributed by atoms with Gasteiger partial charge >= 0.3 is 0 Å². The first-order chi connectivity index (χ1) is 9.70. The second-order valence-electron chi connectivity index (χ2n) is 4.97. The minimum atomic E-state index is 0.237. The van der Waals surface area contributed by atoms with Crippen molar-refractivity contribution >= 4 is 11.3 Å². The Morgan fingerprint density at radius 1 is 1.30 bits per heavy atom. The predicted molar refractivity (Wildman–Crippen MR) is 84.2 cm³/mol. The van der Waals surface area contributed by atoms with E-state index in [1.807, 2.05) is 6.07 Å². The van der Waals surface area contributed by atoms with Crippen molar-refractivity contribution in [1.82, 2.24) is 10.3 Å². The van der Waals surface area contributed by atoms with Crippen LogP contribution in [0.4, 0.5) is 0 Å². The zero-order chi connectivity index (χ0) is 14.4. The molecule has 0 bridgehead atoms. The number of rotatable bonds is 7. The number of thiazole rings is 1. The van der Waals surface area contributed by atoms with Crippen LogP contribution in [0.2, 0.25) is 0 Å². The molecule has 2 rings (SSSR count). The van der Waals surface area contributed by atoms with E-state index in [9.17, 15) is 0 Å². The largest absolute Gasteiger partial charge is 0.396 e. The Kier molecular flexibility index (Phi) is 5.71. The number of hydrogen-bond donors (Lipinski definition) is 2. The first-order valence-corrected chi connectivity index (χ1v) is 7.86. The monoisotopic (exact) mass is 290 g/mol. The van der Waals surface area contributed by atoms with Crippen LogP contribution >= 0.6 is 11.3 Å². The molecule has 2 N–H and O–H groups in total. The molecule has 0 aliphatic carbocycles. The van der Waals surface area contributed by atoms with Crippen molar-refractivity contribution in [3.05, 3.63) is 51.5 Å². The van der Waals surface area contributed by atoms with Crippen LogP contribution in [0.15, 0.2) is 30.3 Å². The lowest BCUT2D eigenvalue weighted by Crippen LogP contribution is -2.20. The highest BCUT2D eigenvalue weighted by Gasteiger charge is 2.13. The Balaban J connectivity index is 2.01. The zero-order valence-electron chi connectivity index (χ0n) is 12.1. The topological polar surface area (TPSA) is 45.2 Å². The maximum atomic E-state index is 8.82. The highest BCUT2D eigenvalue weighted by atomic mass is 32.1. The second kappa shape index (κ2) is 7.53. The van der Waals surface area contributed by atoms with Crippen molar-refractivity contribution in [2.24, 2.45) is 0 Å². The maximum absolute atomic E-state index is 8.82. The van der Waals surface area contributed by atoms with Gasteiger partial charge in [-0.25, -0.2) is 4.98 Å². The van der Waals surface area contributed by atoms with Crippen molar-refractivity contribution in [2.45, 2.75) is 32.7 Å². The number of aliphatic hydroxyl groups excluding tert-OH is 1. The smallest absolute Gasteiger partial charge is 0.0975 e. The normalized spacial score (nSPS) is 12.6. The molecule has 4 heteroatoms. The van der Waals surface area contributed by atoms with E-state index in [-0.39, 0.29) is 6.61 Å². The zero-order valence-corrected chi connectivity index (χ0v) is 12.9. The summed E-state index contributed by atoms with van der Waals surface area (Å²) in [7, 11) is 0. The van der Waals surface area contributed by atoms with Crippen molar-refractivity contribution in [3.63, 3.8) is 0 Å². The van der Waals surface area contributed by atoms with Gasteiger partial charge in [0.2, 0.25) is 0 Å². The van der Waals surface area contributed by atoms with Crippen molar-refractivity contribution in [3.8, 4) is 0 Å². The second-order valence-corrected chi connectivity index (χ2v) is 6.09. The molecule has 2 aromatic rings. The minimum absolute atomic E-state index is 0.237. The predicted octanol–water partition coefficient (Wildman–Crippen LogP) is 3.08. The average molecular weight is 290 g/mol. The molecule has 20 heavy (non-hydrogen) atoms. The van der Waals surface area contributed by atoms with Crippen LogP contribution in [0, 0.1) is 6.92 Å². The molecular formula is C16H22N2OS. The number of nitrogens with zero attached hydrogens (tertiary/aromatic N) is 1. The summed E-state index contributed by atoms with van der Waals surface area (Å²) in [6.07, 6.45) is 1.69. The molecule has 108 valence electrons. The molecule has 0 radical (unpaired) electrons. The molecule has 1 aromatic heterocycles. The average Bonchev–Trinajstić information content (AvgIpc) is 2.81. The van der Waals surface area contributed by atoms with Crippen LogP contribution in [0.3, 0.4) is 0 Å². The molecule has 0 saturated carbocycles. The fourth-order valence-corrected chi connectivity index (χ4v) is 3.33. The van der Waals surface area contributed by atoms with E-state index in [4.69, 9.17) is 5.11 Å². The van der Waals surface area contributed by atoms with Gasteiger partial charge in [0, 0.05) is 23.9 Å². The number of benzene rings is 1. The Hall–Kier alpha value is -1.23. The van der Waals surface area contributed by atoms with Gasteiger partial charge in [-0.3, -0.25) is 0 Å². The summed E-state index contributed by atoms with van der Waals surface area (Å²) < 4.78 is 0. The number of aromatic nitrogens is 1. The van der Waals surface area contributed by atoms with E-state index in [1.54, 1.807) is 11.3 Å². The summed E-state index contributed by atoms with van der Waals surface area (Å²) in [4.78, 5) is 5.98. The Labute approximate surface area is 124 Å². The van der Waals surface area contributed by atoms with Crippen LogP contribution in [0.5, 0.6) is 0 Å². The van der Waals surface area contributed by atoms with Crippen molar-refractivity contribution in [2.75, 3.05) is 13.2 Å². The summed E-state index contributed by atoms with van der Waals surface area (Å²) in [6, 6.07) is 10.7. The summed E-state index contributed by atoms with van der Waals surface area (Å²) >= 11 is 1.78. The van der Waals surface area contributed by atoms with Gasteiger partial charge in [0.1, 0.15) is 0 Å². The van der Waals surface area contributed by atoms with Crippen molar-refractivity contribution < 1.29 is 5.11 Å². The van der Waals surface area contributed by atoms with Crippen LogP contribution in [-0.4, -0.2) is 23.2 Å². The van der Waals surface area contributed by atoms with Crippen LogP contribution < -0.4 is 5.32 Å². The van der Waals surface area contributed by atoms with E-state index in [0.29, 0.717) is 6.04 Å². The van der Waals surface area contributed by atoms with Crippen LogP contribution in [-0.2, 0) is 6.42 Å². The van der Waals surface area contributed by atoms with Crippen molar-refractivity contribution in [1.29, 1.82) is 0 Å². The molecule has 0 fully saturated rings. The molecule has 0 amide bonds. The molecule has 1 heterocycles. The standard InChI is InChI=1S/C16H22N2OS/c1-12(17-9-6-10-19)16-13(2)18-15(20-16)11-14-7-4-3-5-8-14/h3-5,7-8,12,17,19H,6,9-11H2,1-2H3. The van der Waals surface area contributed by atoms with Gasteiger partial charge in [0.15, 0.2) is 0 Å². The maximum Gasteiger partial charge on any atom is 0.0975 e. The molecule has 1 unspecified atom stereocenters. The van der Waals surface area contributed by atoms with E-state index in [1.165, 1.54) is 15.4 Å². The van der Waals surface area contributed by atoms with Crippen LogP contribution in [0.1, 0.15) is 40.5 Å². The number of nitrogens with one attached hydrogen (secondary N) is 1. The first-order valence-electron chi connectivity index (χ1n) is 7.05. The first kappa shape index (κ1) is 15.2. The van der Waals surface area contributed by atoms with E-state index in [2.05, 4.69) is 48.4 Å². The highest BCUT2D eigenvalue weighted by molar-refractivity contribution is 7.11. The third-order valence-corrected chi connectivity index (χ3v) is 4.59. The molecule has 1 atom stereocenters. The molecular weight excluding hydrogens is 268 g/mol. The molecule has 1 aromatic carbocycles. The summed E-state index contributed by atoms with van der Waals surface area (Å²) in [5.74, 6) is 0. The van der Waals surface area contributed by atoms with Gasteiger partial charge in [0.05, 0.1) is 10.7 Å². The lowest BCUT2D eigenvalue weighted by Gasteiger charge is -2.11. The number of aryl methyl sites for hydroxylation is 1. The van der Waals surface area contributed by atoms with Gasteiger partial charge < -0.3 is 10.4 Å². The summed E-state index contributed by atoms with van der Waals surface area (Å²) in [6.45, 7) is 5.30. The highest BCUT2D eigenvalue weighted by Crippen LogP contribution is 2.26. The Bertz CT molecular complexity index is 525.